The Kier molecular flexibility index (Phi) is 4.20. The molecule has 3 atom stereocenters. The van der Waals surface area contributed by atoms with Crippen LogP contribution in [-0.4, -0.2) is 40.3 Å². The van der Waals surface area contributed by atoms with Gasteiger partial charge in [-0.2, -0.15) is 0 Å². The number of carboxylic acids is 1. The second kappa shape index (κ2) is 5.95. The molecule has 114 valence electrons. The maximum absolute atomic E-state index is 11.1. The van der Waals surface area contributed by atoms with E-state index in [9.17, 15) is 9.90 Å². The molecule has 1 saturated heterocycles. The van der Waals surface area contributed by atoms with Gasteiger partial charge in [0.05, 0.1) is 11.7 Å². The highest BCUT2D eigenvalue weighted by Crippen LogP contribution is 2.37. The van der Waals surface area contributed by atoms with Crippen molar-refractivity contribution in [3.8, 4) is 0 Å². The van der Waals surface area contributed by atoms with E-state index in [-0.39, 0.29) is 11.7 Å². The van der Waals surface area contributed by atoms with E-state index < -0.39 is 5.97 Å². The number of rotatable bonds is 3. The summed E-state index contributed by atoms with van der Waals surface area (Å²) in [6, 6.07) is 4.86. The largest absolute Gasteiger partial charge is 0.478 e. The molecule has 1 aromatic carbocycles. The number of hydrogen-bond donors (Lipinski definition) is 2. The summed E-state index contributed by atoms with van der Waals surface area (Å²) in [6.07, 6.45) is 2.74. The van der Waals surface area contributed by atoms with Crippen molar-refractivity contribution < 1.29 is 15.0 Å². The summed E-state index contributed by atoms with van der Waals surface area (Å²) in [6.45, 7) is 2.67. The highest BCUT2D eigenvalue weighted by molar-refractivity contribution is 6.31. The van der Waals surface area contributed by atoms with Crippen LogP contribution in [0.4, 0.5) is 0 Å². The van der Waals surface area contributed by atoms with Gasteiger partial charge in [0.25, 0.3) is 0 Å². The van der Waals surface area contributed by atoms with Crippen molar-refractivity contribution in [2.75, 3.05) is 13.1 Å². The van der Waals surface area contributed by atoms with E-state index in [2.05, 4.69) is 4.90 Å². The molecule has 2 aliphatic rings. The lowest BCUT2D eigenvalue weighted by atomic mass is 9.80. The van der Waals surface area contributed by atoms with Gasteiger partial charge in [-0.3, -0.25) is 4.90 Å². The molecule has 2 fully saturated rings. The van der Waals surface area contributed by atoms with Crippen molar-refractivity contribution in [1.29, 1.82) is 0 Å². The summed E-state index contributed by atoms with van der Waals surface area (Å²) in [5.41, 5.74) is 1.15. The SMILES string of the molecule is O=C(O)c1ccc(Cl)c(CN2C[C@H]3CC[C@@H](O)C[C@H]3C2)c1. The van der Waals surface area contributed by atoms with Gasteiger partial charge in [0.2, 0.25) is 0 Å². The van der Waals surface area contributed by atoms with Crippen LogP contribution in [0.3, 0.4) is 0 Å². The minimum atomic E-state index is -0.925. The molecule has 0 amide bonds. The molecule has 0 aromatic heterocycles. The molecule has 1 aliphatic heterocycles. The quantitative estimate of drug-likeness (QED) is 0.901. The predicted molar refractivity (Wildman–Crippen MR) is 80.5 cm³/mol. The molecule has 0 radical (unpaired) electrons. The van der Waals surface area contributed by atoms with E-state index in [4.69, 9.17) is 16.7 Å². The molecular weight excluding hydrogens is 290 g/mol. The van der Waals surface area contributed by atoms with E-state index >= 15 is 0 Å². The van der Waals surface area contributed by atoms with E-state index in [0.29, 0.717) is 23.4 Å². The molecule has 1 heterocycles. The molecule has 1 aromatic rings. The number of halogens is 1. The first-order valence-electron chi connectivity index (χ1n) is 7.45. The monoisotopic (exact) mass is 309 g/mol. The lowest BCUT2D eigenvalue weighted by Gasteiger charge is -2.27. The molecule has 3 rings (SSSR count). The second-order valence-electron chi connectivity index (χ2n) is 6.29. The van der Waals surface area contributed by atoms with Crippen LogP contribution in [0.5, 0.6) is 0 Å². The molecule has 0 bridgehead atoms. The maximum atomic E-state index is 11.1. The first kappa shape index (κ1) is 14.8. The zero-order valence-corrected chi connectivity index (χ0v) is 12.6. The number of carboxylic acid groups (broad SMARTS) is 1. The van der Waals surface area contributed by atoms with E-state index in [1.807, 2.05) is 0 Å². The van der Waals surface area contributed by atoms with Crippen LogP contribution >= 0.6 is 11.6 Å². The van der Waals surface area contributed by atoms with E-state index in [1.54, 1.807) is 12.1 Å². The van der Waals surface area contributed by atoms with Crippen molar-refractivity contribution in [2.45, 2.75) is 31.9 Å². The molecule has 1 saturated carbocycles. The highest BCUT2D eigenvalue weighted by Gasteiger charge is 2.37. The Morgan fingerprint density at radius 3 is 2.81 bits per heavy atom. The van der Waals surface area contributed by atoms with Crippen LogP contribution in [-0.2, 0) is 6.54 Å². The number of benzene rings is 1. The van der Waals surface area contributed by atoms with E-state index in [0.717, 1.165) is 37.9 Å². The molecule has 1 aliphatic carbocycles. The molecule has 21 heavy (non-hydrogen) atoms. The van der Waals surface area contributed by atoms with Crippen LogP contribution in [0.1, 0.15) is 35.2 Å². The third-order valence-corrected chi connectivity index (χ3v) is 5.15. The lowest BCUT2D eigenvalue weighted by Crippen LogP contribution is -2.26. The number of aromatic carboxylic acids is 1. The Labute approximate surface area is 129 Å². The Bertz CT molecular complexity index is 548. The highest BCUT2D eigenvalue weighted by atomic mass is 35.5. The van der Waals surface area contributed by atoms with Gasteiger partial charge >= 0.3 is 5.97 Å². The molecule has 0 spiro atoms. The van der Waals surface area contributed by atoms with Crippen molar-refractivity contribution in [1.82, 2.24) is 4.90 Å². The van der Waals surface area contributed by atoms with E-state index in [1.165, 1.54) is 6.07 Å². The zero-order valence-electron chi connectivity index (χ0n) is 11.8. The molecule has 0 unspecified atom stereocenters. The number of aliphatic hydroxyl groups is 1. The molecule has 2 N–H and O–H groups in total. The van der Waals surface area contributed by atoms with Gasteiger partial charge in [0.1, 0.15) is 0 Å². The summed E-state index contributed by atoms with van der Waals surface area (Å²) in [4.78, 5) is 13.4. The van der Waals surface area contributed by atoms with Gasteiger partial charge in [-0.1, -0.05) is 11.6 Å². The fourth-order valence-electron chi connectivity index (χ4n) is 3.70. The molecule has 4 nitrogen and oxygen atoms in total. The Morgan fingerprint density at radius 1 is 1.29 bits per heavy atom. The zero-order chi connectivity index (χ0) is 15.0. The third-order valence-electron chi connectivity index (χ3n) is 4.78. The van der Waals surface area contributed by atoms with Gasteiger partial charge in [-0.25, -0.2) is 4.79 Å². The predicted octanol–water partition coefficient (Wildman–Crippen LogP) is 2.63. The smallest absolute Gasteiger partial charge is 0.335 e. The number of hydrogen-bond acceptors (Lipinski definition) is 3. The first-order chi connectivity index (χ1) is 10.0. The van der Waals surface area contributed by atoms with Crippen molar-refractivity contribution in [2.24, 2.45) is 11.8 Å². The first-order valence-corrected chi connectivity index (χ1v) is 7.83. The Balaban J connectivity index is 1.70. The average Bonchev–Trinajstić information content (AvgIpc) is 2.82. The van der Waals surface area contributed by atoms with Crippen LogP contribution in [0, 0.1) is 11.8 Å². The van der Waals surface area contributed by atoms with Crippen LogP contribution in [0.15, 0.2) is 18.2 Å². The number of fused-ring (bicyclic) bond motifs is 1. The number of likely N-dealkylation sites (tertiary alicyclic amines) is 1. The molecular formula is C16H20ClNO3. The van der Waals surface area contributed by atoms with Crippen molar-refractivity contribution in [3.05, 3.63) is 34.3 Å². The fourth-order valence-corrected chi connectivity index (χ4v) is 3.88. The second-order valence-corrected chi connectivity index (χ2v) is 6.70. The minimum Gasteiger partial charge on any atom is -0.478 e. The van der Waals surface area contributed by atoms with Gasteiger partial charge < -0.3 is 10.2 Å². The summed E-state index contributed by atoms with van der Waals surface area (Å²) >= 11 is 6.20. The standard InChI is InChI=1S/C16H20ClNO3/c17-15-4-2-10(16(20)21)5-13(15)9-18-7-11-1-3-14(19)6-12(11)8-18/h2,4-5,11-12,14,19H,1,3,6-9H2,(H,20,21)/t11-,12+,14-/m1/s1. The van der Waals surface area contributed by atoms with Gasteiger partial charge in [0.15, 0.2) is 0 Å². The topological polar surface area (TPSA) is 60.8 Å². The third kappa shape index (κ3) is 3.23. The summed E-state index contributed by atoms with van der Waals surface area (Å²) in [5.74, 6) is 0.302. The molecule has 5 heteroatoms. The van der Waals surface area contributed by atoms with Crippen LogP contribution < -0.4 is 0 Å². The van der Waals surface area contributed by atoms with Crippen molar-refractivity contribution in [3.63, 3.8) is 0 Å². The minimum absolute atomic E-state index is 0.148. The fraction of sp³-hybridized carbons (Fsp3) is 0.562. The van der Waals surface area contributed by atoms with Gasteiger partial charge in [-0.15, -0.1) is 0 Å². The van der Waals surface area contributed by atoms with Crippen LogP contribution in [0.25, 0.3) is 0 Å². The van der Waals surface area contributed by atoms with Crippen LogP contribution in [0.2, 0.25) is 5.02 Å². The Morgan fingerprint density at radius 2 is 2.05 bits per heavy atom. The summed E-state index contributed by atoms with van der Waals surface area (Å²) < 4.78 is 0. The van der Waals surface area contributed by atoms with Crippen molar-refractivity contribution >= 4 is 17.6 Å². The number of carbonyl (C=O) groups is 1. The maximum Gasteiger partial charge on any atom is 0.335 e. The average molecular weight is 310 g/mol. The van der Waals surface area contributed by atoms with Gasteiger partial charge in [0, 0.05) is 24.7 Å². The summed E-state index contributed by atoms with van der Waals surface area (Å²) in [5, 5.41) is 19.5. The Hall–Kier alpha value is -1.10. The lowest BCUT2D eigenvalue weighted by molar-refractivity contribution is 0.0696. The summed E-state index contributed by atoms with van der Waals surface area (Å²) in [7, 11) is 0. The number of nitrogens with zero attached hydrogens (tertiary/aromatic N) is 1. The van der Waals surface area contributed by atoms with Gasteiger partial charge in [-0.05, 0) is 54.9 Å². The normalized spacial score (nSPS) is 29.3. The number of aliphatic hydroxyl groups excluding tert-OH is 1.